The van der Waals surface area contributed by atoms with E-state index < -0.39 is 12.1 Å². The molecule has 1 N–H and O–H groups in total. The Bertz CT molecular complexity index is 622. The maximum absolute atomic E-state index is 11.5. The lowest BCUT2D eigenvalue weighted by molar-refractivity contribution is -0.150. The standard InChI is InChI=1S/C17H18O4/c1-12-6-5-8-14(10-12)21-11-13-7-3-4-9-15(13)16(18)17(19)20-2/h3-10,16,18H,11H2,1-2H3. The number of hydrogen-bond acceptors (Lipinski definition) is 4. The Morgan fingerprint density at radius 1 is 1.19 bits per heavy atom. The molecule has 1 unspecified atom stereocenters. The molecule has 21 heavy (non-hydrogen) atoms. The maximum atomic E-state index is 11.5. The number of benzene rings is 2. The van der Waals surface area contributed by atoms with Crippen molar-refractivity contribution in [3.05, 3.63) is 65.2 Å². The van der Waals surface area contributed by atoms with Crippen LogP contribution in [0.1, 0.15) is 22.8 Å². The molecule has 0 heterocycles. The second kappa shape index (κ2) is 6.90. The van der Waals surface area contributed by atoms with Crippen LogP contribution < -0.4 is 4.74 Å². The first-order valence-electron chi connectivity index (χ1n) is 6.65. The molecule has 110 valence electrons. The number of aliphatic hydroxyl groups is 1. The fourth-order valence-corrected chi connectivity index (χ4v) is 2.04. The zero-order chi connectivity index (χ0) is 15.2. The van der Waals surface area contributed by atoms with Gasteiger partial charge in [-0.3, -0.25) is 0 Å². The number of carbonyl (C=O) groups is 1. The Balaban J connectivity index is 2.15. The Kier molecular flexibility index (Phi) is 4.95. The van der Waals surface area contributed by atoms with Gasteiger partial charge in [0.15, 0.2) is 6.10 Å². The van der Waals surface area contributed by atoms with Crippen molar-refractivity contribution in [2.75, 3.05) is 7.11 Å². The molecule has 2 aromatic rings. The first kappa shape index (κ1) is 15.1. The van der Waals surface area contributed by atoms with E-state index in [0.717, 1.165) is 16.9 Å². The lowest BCUT2D eigenvalue weighted by Crippen LogP contribution is -2.15. The molecule has 0 aliphatic rings. The van der Waals surface area contributed by atoms with Crippen LogP contribution in [0.4, 0.5) is 0 Å². The number of rotatable bonds is 5. The summed E-state index contributed by atoms with van der Waals surface area (Å²) in [4.78, 5) is 11.5. The fraction of sp³-hybridized carbons (Fsp3) is 0.235. The second-order valence-corrected chi connectivity index (χ2v) is 4.73. The average molecular weight is 286 g/mol. The lowest BCUT2D eigenvalue weighted by Gasteiger charge is -2.14. The van der Waals surface area contributed by atoms with Crippen molar-refractivity contribution < 1.29 is 19.4 Å². The molecule has 0 radical (unpaired) electrons. The van der Waals surface area contributed by atoms with Crippen molar-refractivity contribution in [1.82, 2.24) is 0 Å². The van der Waals surface area contributed by atoms with Gasteiger partial charge in [0.25, 0.3) is 0 Å². The molecule has 0 bridgehead atoms. The molecule has 1 atom stereocenters. The van der Waals surface area contributed by atoms with Crippen molar-refractivity contribution in [3.63, 3.8) is 0 Å². The van der Waals surface area contributed by atoms with E-state index in [9.17, 15) is 9.90 Å². The first-order valence-corrected chi connectivity index (χ1v) is 6.65. The third-order valence-electron chi connectivity index (χ3n) is 3.16. The number of carbonyl (C=O) groups excluding carboxylic acids is 1. The van der Waals surface area contributed by atoms with Crippen LogP contribution in [0, 0.1) is 6.92 Å². The number of ether oxygens (including phenoxy) is 2. The number of esters is 1. The Morgan fingerprint density at radius 3 is 2.67 bits per heavy atom. The molecular formula is C17H18O4. The van der Waals surface area contributed by atoms with E-state index in [0.29, 0.717) is 5.56 Å². The van der Waals surface area contributed by atoms with Crippen molar-refractivity contribution in [2.45, 2.75) is 19.6 Å². The highest BCUT2D eigenvalue weighted by atomic mass is 16.5. The van der Waals surface area contributed by atoms with Crippen LogP contribution in [0.25, 0.3) is 0 Å². The molecule has 0 aliphatic carbocycles. The minimum atomic E-state index is -1.30. The highest BCUT2D eigenvalue weighted by Gasteiger charge is 2.20. The molecule has 4 heteroatoms. The largest absolute Gasteiger partial charge is 0.489 e. The minimum absolute atomic E-state index is 0.272. The number of aliphatic hydroxyl groups excluding tert-OH is 1. The summed E-state index contributed by atoms with van der Waals surface area (Å²) < 4.78 is 10.3. The highest BCUT2D eigenvalue weighted by molar-refractivity contribution is 5.76. The summed E-state index contributed by atoms with van der Waals surface area (Å²) >= 11 is 0. The van der Waals surface area contributed by atoms with Crippen LogP contribution in [0.15, 0.2) is 48.5 Å². The van der Waals surface area contributed by atoms with Gasteiger partial charge in [0.2, 0.25) is 0 Å². The molecule has 0 saturated heterocycles. The molecule has 0 aliphatic heterocycles. The third kappa shape index (κ3) is 3.83. The van der Waals surface area contributed by atoms with Crippen LogP contribution >= 0.6 is 0 Å². The minimum Gasteiger partial charge on any atom is -0.489 e. The summed E-state index contributed by atoms with van der Waals surface area (Å²) in [6.07, 6.45) is -1.30. The summed E-state index contributed by atoms with van der Waals surface area (Å²) in [5.74, 6) is 0.0652. The Morgan fingerprint density at radius 2 is 1.95 bits per heavy atom. The van der Waals surface area contributed by atoms with Gasteiger partial charge in [-0.15, -0.1) is 0 Å². The predicted molar refractivity (Wildman–Crippen MR) is 78.9 cm³/mol. The van der Waals surface area contributed by atoms with E-state index in [4.69, 9.17) is 4.74 Å². The predicted octanol–water partition coefficient (Wildman–Crippen LogP) is 2.78. The quantitative estimate of drug-likeness (QED) is 0.859. The number of aryl methyl sites for hydroxylation is 1. The van der Waals surface area contributed by atoms with Crippen molar-refractivity contribution in [2.24, 2.45) is 0 Å². The molecule has 0 spiro atoms. The molecule has 0 saturated carbocycles. The zero-order valence-corrected chi connectivity index (χ0v) is 12.1. The fourth-order valence-electron chi connectivity index (χ4n) is 2.04. The van der Waals surface area contributed by atoms with Crippen LogP contribution in [0.5, 0.6) is 5.75 Å². The highest BCUT2D eigenvalue weighted by Crippen LogP contribution is 2.21. The van der Waals surface area contributed by atoms with Gasteiger partial charge in [-0.05, 0) is 35.7 Å². The third-order valence-corrected chi connectivity index (χ3v) is 3.16. The van der Waals surface area contributed by atoms with Gasteiger partial charge < -0.3 is 14.6 Å². The van der Waals surface area contributed by atoms with Gasteiger partial charge >= 0.3 is 5.97 Å². The molecule has 2 rings (SSSR count). The van der Waals surface area contributed by atoms with Crippen molar-refractivity contribution in [1.29, 1.82) is 0 Å². The number of hydrogen-bond donors (Lipinski definition) is 1. The van der Waals surface area contributed by atoms with Crippen LogP contribution in [-0.4, -0.2) is 18.2 Å². The van der Waals surface area contributed by atoms with Crippen LogP contribution in [0.3, 0.4) is 0 Å². The smallest absolute Gasteiger partial charge is 0.339 e. The van der Waals surface area contributed by atoms with Crippen molar-refractivity contribution >= 4 is 5.97 Å². The zero-order valence-electron chi connectivity index (χ0n) is 12.1. The van der Waals surface area contributed by atoms with E-state index in [2.05, 4.69) is 4.74 Å². The monoisotopic (exact) mass is 286 g/mol. The van der Waals surface area contributed by atoms with E-state index >= 15 is 0 Å². The number of methoxy groups -OCH3 is 1. The summed E-state index contributed by atoms with van der Waals surface area (Å²) in [7, 11) is 1.25. The lowest BCUT2D eigenvalue weighted by atomic mass is 10.0. The van der Waals surface area contributed by atoms with Gasteiger partial charge in [0.1, 0.15) is 12.4 Å². The van der Waals surface area contributed by atoms with E-state index in [-0.39, 0.29) is 6.61 Å². The van der Waals surface area contributed by atoms with E-state index in [1.165, 1.54) is 7.11 Å². The van der Waals surface area contributed by atoms with Gasteiger partial charge in [-0.25, -0.2) is 4.79 Å². The van der Waals surface area contributed by atoms with Gasteiger partial charge in [0.05, 0.1) is 7.11 Å². The Hall–Kier alpha value is -2.33. The summed E-state index contributed by atoms with van der Waals surface area (Å²) in [5, 5.41) is 9.98. The van der Waals surface area contributed by atoms with Gasteiger partial charge in [-0.2, -0.15) is 0 Å². The molecular weight excluding hydrogens is 268 g/mol. The topological polar surface area (TPSA) is 55.8 Å². The van der Waals surface area contributed by atoms with E-state index in [1.54, 1.807) is 12.1 Å². The molecule has 4 nitrogen and oxygen atoms in total. The van der Waals surface area contributed by atoms with Gasteiger partial charge in [-0.1, -0.05) is 36.4 Å². The summed E-state index contributed by atoms with van der Waals surface area (Å²) in [5.41, 5.74) is 2.35. The van der Waals surface area contributed by atoms with Gasteiger partial charge in [0, 0.05) is 0 Å². The van der Waals surface area contributed by atoms with E-state index in [1.807, 2.05) is 43.3 Å². The summed E-state index contributed by atoms with van der Waals surface area (Å²) in [6, 6.07) is 14.8. The summed E-state index contributed by atoms with van der Waals surface area (Å²) in [6.45, 7) is 2.26. The molecule has 0 aromatic heterocycles. The van der Waals surface area contributed by atoms with Crippen LogP contribution in [0.2, 0.25) is 0 Å². The molecule has 0 fully saturated rings. The van der Waals surface area contributed by atoms with Crippen molar-refractivity contribution in [3.8, 4) is 5.75 Å². The molecule has 2 aromatic carbocycles. The first-order chi connectivity index (χ1) is 10.1. The van der Waals surface area contributed by atoms with Crippen LogP contribution in [-0.2, 0) is 16.1 Å². The SMILES string of the molecule is COC(=O)C(O)c1ccccc1COc1cccc(C)c1. The molecule has 0 amide bonds. The normalized spacial score (nSPS) is 11.8. The maximum Gasteiger partial charge on any atom is 0.339 e. The average Bonchev–Trinajstić information content (AvgIpc) is 2.52. The Labute approximate surface area is 123 Å². The second-order valence-electron chi connectivity index (χ2n) is 4.73.